The van der Waals surface area contributed by atoms with Gasteiger partial charge in [0.15, 0.2) is 0 Å². The molecule has 2 aliphatic heterocycles. The normalized spacial score (nSPS) is 17.5. The van der Waals surface area contributed by atoms with Gasteiger partial charge in [0.05, 0.1) is 12.2 Å². The monoisotopic (exact) mass is 615 g/mol. The fourth-order valence-electron chi connectivity index (χ4n) is 5.19. The molecule has 3 amide bonds. The second kappa shape index (κ2) is 13.5. The maximum atomic E-state index is 13.8. The average molecular weight is 617 g/mol. The number of hydrogen-bond acceptors (Lipinski definition) is 5. The average Bonchev–Trinajstić information content (AvgIpc) is 3.36. The van der Waals surface area contributed by atoms with Gasteiger partial charge >= 0.3 is 12.2 Å². The van der Waals surface area contributed by atoms with Crippen LogP contribution in [0.4, 0.5) is 23.7 Å². The molecule has 0 saturated carbocycles. The number of piperazine rings is 1. The van der Waals surface area contributed by atoms with Gasteiger partial charge in [0.25, 0.3) is 0 Å². The summed E-state index contributed by atoms with van der Waals surface area (Å²) < 4.78 is 45.6. The third-order valence-corrected chi connectivity index (χ3v) is 7.96. The van der Waals surface area contributed by atoms with Crippen molar-refractivity contribution in [3.8, 4) is 0 Å². The molecule has 2 N–H and O–H groups in total. The molecule has 2 atom stereocenters. The van der Waals surface area contributed by atoms with Crippen molar-refractivity contribution < 1.29 is 27.5 Å². The molecule has 1 unspecified atom stereocenters. The molecule has 2 aromatic rings. The number of nitrogens with zero attached hydrogens (tertiary/aromatic N) is 3. The first-order valence-electron chi connectivity index (χ1n) is 13.4. The molecule has 2 heterocycles. The summed E-state index contributed by atoms with van der Waals surface area (Å²) in [6, 6.07) is 7.71. The summed E-state index contributed by atoms with van der Waals surface area (Å²) in [7, 11) is 1.57. The highest BCUT2D eigenvalue weighted by atomic mass is 35.5. The van der Waals surface area contributed by atoms with Crippen molar-refractivity contribution in [3.63, 3.8) is 0 Å². The predicted octanol–water partition coefficient (Wildman–Crippen LogP) is 4.42. The summed E-state index contributed by atoms with van der Waals surface area (Å²) in [5.74, 6) is -0.199. The van der Waals surface area contributed by atoms with Crippen LogP contribution in [0.25, 0.3) is 0 Å². The van der Waals surface area contributed by atoms with Crippen LogP contribution in [-0.2, 0) is 28.7 Å². The fourth-order valence-corrected chi connectivity index (χ4v) is 5.68. The Hall–Kier alpha value is -2.73. The first kappa shape index (κ1) is 31.2. The van der Waals surface area contributed by atoms with Crippen LogP contribution in [0.1, 0.15) is 23.6 Å². The van der Waals surface area contributed by atoms with Crippen molar-refractivity contribution in [2.24, 2.45) is 0 Å². The molecular weight excluding hydrogens is 582 g/mol. The van der Waals surface area contributed by atoms with E-state index in [1.807, 2.05) is 11.8 Å². The van der Waals surface area contributed by atoms with E-state index in [0.29, 0.717) is 72.7 Å². The Morgan fingerprint density at radius 2 is 1.80 bits per heavy atom. The number of carbonyl (C=O) groups is 2. The predicted molar refractivity (Wildman–Crippen MR) is 152 cm³/mol. The van der Waals surface area contributed by atoms with E-state index in [2.05, 4.69) is 10.6 Å². The zero-order valence-electron chi connectivity index (χ0n) is 22.9. The Morgan fingerprint density at radius 1 is 1.07 bits per heavy atom. The van der Waals surface area contributed by atoms with Crippen molar-refractivity contribution in [2.45, 2.75) is 38.1 Å². The summed E-state index contributed by atoms with van der Waals surface area (Å²) in [6.07, 6.45) is -4.22. The fraction of sp³-hybridized carbons (Fsp3) is 0.500. The van der Waals surface area contributed by atoms with E-state index < -0.39 is 17.8 Å². The van der Waals surface area contributed by atoms with E-state index >= 15 is 0 Å². The zero-order valence-corrected chi connectivity index (χ0v) is 24.5. The number of ether oxygens (including phenoxy) is 1. The third-order valence-electron chi connectivity index (χ3n) is 7.38. The number of nitrogens with one attached hydrogen (secondary N) is 2. The molecular formula is C28H34Cl2F3N5O3. The number of benzene rings is 2. The molecule has 2 saturated heterocycles. The van der Waals surface area contributed by atoms with E-state index in [9.17, 15) is 22.8 Å². The molecule has 13 heteroatoms. The quantitative estimate of drug-likeness (QED) is 0.414. The highest BCUT2D eigenvalue weighted by Gasteiger charge is 2.37. The zero-order chi connectivity index (χ0) is 29.7. The van der Waals surface area contributed by atoms with E-state index in [4.69, 9.17) is 27.9 Å². The molecule has 224 valence electrons. The molecule has 8 nitrogen and oxygen atoms in total. The van der Waals surface area contributed by atoms with Crippen LogP contribution in [0.15, 0.2) is 36.4 Å². The van der Waals surface area contributed by atoms with Crippen LogP contribution in [0.5, 0.6) is 0 Å². The second-order valence-corrected chi connectivity index (χ2v) is 11.1. The van der Waals surface area contributed by atoms with Gasteiger partial charge in [-0.2, -0.15) is 13.2 Å². The van der Waals surface area contributed by atoms with E-state index in [0.717, 1.165) is 6.07 Å². The lowest BCUT2D eigenvalue weighted by molar-refractivity contribution is -0.138. The molecule has 2 fully saturated rings. The van der Waals surface area contributed by atoms with Gasteiger partial charge in [0.1, 0.15) is 6.04 Å². The van der Waals surface area contributed by atoms with E-state index in [1.54, 1.807) is 30.2 Å². The smallest absolute Gasteiger partial charge is 0.383 e. The Labute approximate surface area is 247 Å². The maximum absolute atomic E-state index is 13.8. The standard InChI is InChI=1S/C28H34Cl2F3N5O3/c1-18(17-41-2)35-16-20-13-21(28(31,32)33)4-6-24(20)36-9-11-37(12-10-36)26(39)25(38-8-7-34-27(38)40)14-19-3-5-22(29)15-23(19)30/h3-6,13,15,18,25,35H,7-12,14,16-17H2,1-2H3,(H,34,40)/t18-,25?/m1/s1. The number of amides is 3. The highest BCUT2D eigenvalue weighted by Crippen LogP contribution is 2.33. The summed E-state index contributed by atoms with van der Waals surface area (Å²) in [5, 5.41) is 6.87. The minimum absolute atomic E-state index is 0.0503. The summed E-state index contributed by atoms with van der Waals surface area (Å²) in [4.78, 5) is 31.6. The van der Waals surface area contributed by atoms with E-state index in [-0.39, 0.29) is 30.9 Å². The molecule has 0 aliphatic carbocycles. The number of carbonyl (C=O) groups excluding carboxylic acids is 2. The lowest BCUT2D eigenvalue weighted by Crippen LogP contribution is -2.56. The summed E-state index contributed by atoms with van der Waals surface area (Å²) >= 11 is 12.4. The number of urea groups is 1. The number of rotatable bonds is 10. The van der Waals surface area contributed by atoms with Gasteiger partial charge in [0.2, 0.25) is 5.91 Å². The molecule has 41 heavy (non-hydrogen) atoms. The number of methoxy groups -OCH3 is 1. The molecule has 4 rings (SSSR count). The van der Waals surface area contributed by atoms with Gasteiger partial charge in [0, 0.05) is 81.1 Å². The first-order valence-corrected chi connectivity index (χ1v) is 14.2. The van der Waals surface area contributed by atoms with Gasteiger partial charge in [-0.25, -0.2) is 4.79 Å². The van der Waals surface area contributed by atoms with Crippen LogP contribution in [0.2, 0.25) is 10.0 Å². The van der Waals surface area contributed by atoms with Crippen LogP contribution in [0.3, 0.4) is 0 Å². The lowest BCUT2D eigenvalue weighted by atomic mass is 10.0. The number of alkyl halides is 3. The first-order chi connectivity index (χ1) is 19.5. The molecule has 0 aromatic heterocycles. The Kier molecular flexibility index (Phi) is 10.3. The SMILES string of the molecule is COC[C@@H](C)NCc1cc(C(F)(F)F)ccc1N1CCN(C(=O)C(Cc2ccc(Cl)cc2Cl)N2CCNC2=O)CC1. The van der Waals surface area contributed by atoms with Crippen molar-refractivity contribution in [1.82, 2.24) is 20.4 Å². The molecule has 0 radical (unpaired) electrons. The molecule has 0 bridgehead atoms. The van der Waals surface area contributed by atoms with Crippen LogP contribution in [-0.4, -0.2) is 86.8 Å². The minimum Gasteiger partial charge on any atom is -0.383 e. The largest absolute Gasteiger partial charge is 0.416 e. The number of anilines is 1. The van der Waals surface area contributed by atoms with Crippen molar-refractivity contribution >= 4 is 40.8 Å². The summed E-state index contributed by atoms with van der Waals surface area (Å²) in [5.41, 5.74) is 1.20. The molecule has 2 aliphatic rings. The van der Waals surface area contributed by atoms with E-state index in [1.165, 1.54) is 17.0 Å². The Morgan fingerprint density at radius 3 is 2.41 bits per heavy atom. The Bertz CT molecular complexity index is 1240. The second-order valence-electron chi connectivity index (χ2n) is 10.3. The van der Waals surface area contributed by atoms with Gasteiger partial charge in [-0.3, -0.25) is 4.79 Å². The molecule has 0 spiro atoms. The van der Waals surface area contributed by atoms with Gasteiger partial charge < -0.3 is 30.1 Å². The van der Waals surface area contributed by atoms with Crippen LogP contribution >= 0.6 is 23.2 Å². The summed E-state index contributed by atoms with van der Waals surface area (Å²) in [6.45, 7) is 4.96. The highest BCUT2D eigenvalue weighted by molar-refractivity contribution is 6.35. The number of halogens is 5. The number of hydrogen-bond donors (Lipinski definition) is 2. The van der Waals surface area contributed by atoms with Gasteiger partial charge in [-0.1, -0.05) is 29.3 Å². The Balaban J connectivity index is 1.49. The third kappa shape index (κ3) is 7.77. The van der Waals surface area contributed by atoms with Crippen molar-refractivity contribution in [3.05, 3.63) is 63.1 Å². The van der Waals surface area contributed by atoms with Crippen molar-refractivity contribution in [2.75, 3.05) is 57.9 Å². The van der Waals surface area contributed by atoms with Gasteiger partial charge in [-0.15, -0.1) is 0 Å². The minimum atomic E-state index is -4.46. The topological polar surface area (TPSA) is 77.2 Å². The van der Waals surface area contributed by atoms with Crippen molar-refractivity contribution in [1.29, 1.82) is 0 Å². The molecule has 2 aromatic carbocycles. The van der Waals surface area contributed by atoms with Gasteiger partial charge in [-0.05, 0) is 48.4 Å². The van der Waals surface area contributed by atoms with Crippen LogP contribution < -0.4 is 15.5 Å². The van der Waals surface area contributed by atoms with Crippen LogP contribution in [0, 0.1) is 0 Å². The lowest BCUT2D eigenvalue weighted by Gasteiger charge is -2.39. The maximum Gasteiger partial charge on any atom is 0.416 e.